The summed E-state index contributed by atoms with van der Waals surface area (Å²) in [6.45, 7) is 5.38. The van der Waals surface area contributed by atoms with Crippen LogP contribution in [0.25, 0.3) is 0 Å². The molecule has 0 unspecified atom stereocenters. The molecule has 2 rings (SSSR count). The third-order valence-electron chi connectivity index (χ3n) is 4.69. The zero-order chi connectivity index (χ0) is 18.7. The minimum Gasteiger partial charge on any atom is -0.450 e. The summed E-state index contributed by atoms with van der Waals surface area (Å²) >= 11 is 6.13. The number of halogens is 1. The van der Waals surface area contributed by atoms with Crippen LogP contribution in [0.15, 0.2) is 18.2 Å². The lowest BCUT2D eigenvalue weighted by Crippen LogP contribution is -2.50. The van der Waals surface area contributed by atoms with E-state index >= 15 is 0 Å². The maximum atomic E-state index is 11.9. The number of ether oxygens (including phenoxy) is 1. The van der Waals surface area contributed by atoms with Crippen LogP contribution in [0.3, 0.4) is 0 Å². The minimum atomic E-state index is -3.31. The lowest BCUT2D eigenvalue weighted by molar-refractivity contribution is 0.0865. The number of nitrogens with zero attached hydrogens (tertiary/aromatic N) is 1. The zero-order valence-corrected chi connectivity index (χ0v) is 16.4. The summed E-state index contributed by atoms with van der Waals surface area (Å²) in [4.78, 5) is 13.6. The van der Waals surface area contributed by atoms with Crippen LogP contribution in [0.4, 0.5) is 4.79 Å². The lowest BCUT2D eigenvalue weighted by atomic mass is 9.72. The Kier molecular flexibility index (Phi) is 6.35. The van der Waals surface area contributed by atoms with Gasteiger partial charge in [-0.2, -0.15) is 0 Å². The van der Waals surface area contributed by atoms with E-state index in [1.54, 1.807) is 11.8 Å². The average molecular weight is 389 g/mol. The maximum Gasteiger partial charge on any atom is 0.409 e. The van der Waals surface area contributed by atoms with Crippen LogP contribution in [-0.2, 0) is 20.2 Å². The Hall–Kier alpha value is -1.31. The van der Waals surface area contributed by atoms with Crippen molar-refractivity contribution in [2.24, 2.45) is 0 Å². The summed E-state index contributed by atoms with van der Waals surface area (Å²) in [6.07, 6.45) is 2.13. The third kappa shape index (κ3) is 5.09. The van der Waals surface area contributed by atoms with Crippen molar-refractivity contribution < 1.29 is 17.9 Å². The molecule has 0 aromatic heterocycles. The Balaban J connectivity index is 2.25. The van der Waals surface area contributed by atoms with Crippen molar-refractivity contribution in [1.82, 2.24) is 9.62 Å². The van der Waals surface area contributed by atoms with Gasteiger partial charge in [0.05, 0.1) is 12.9 Å². The fraction of sp³-hybridized carbons (Fsp3) is 0.588. The molecule has 1 aliphatic rings. The van der Waals surface area contributed by atoms with Crippen molar-refractivity contribution >= 4 is 27.7 Å². The van der Waals surface area contributed by atoms with Crippen molar-refractivity contribution in [2.75, 3.05) is 32.5 Å². The fourth-order valence-corrected chi connectivity index (χ4v) is 3.80. The number of hydrogen-bond donors (Lipinski definition) is 1. The van der Waals surface area contributed by atoms with E-state index in [2.05, 4.69) is 4.72 Å². The van der Waals surface area contributed by atoms with Crippen molar-refractivity contribution in [2.45, 2.75) is 32.1 Å². The van der Waals surface area contributed by atoms with Gasteiger partial charge in [-0.05, 0) is 43.9 Å². The fourth-order valence-electron chi connectivity index (χ4n) is 3.14. The summed E-state index contributed by atoms with van der Waals surface area (Å²) in [5, 5.41) is 0.680. The Morgan fingerprint density at radius 1 is 1.36 bits per heavy atom. The molecule has 0 aliphatic carbocycles. The van der Waals surface area contributed by atoms with E-state index in [1.807, 2.05) is 25.1 Å². The number of likely N-dealkylation sites (tertiary alicyclic amines) is 1. The van der Waals surface area contributed by atoms with Gasteiger partial charge < -0.3 is 9.64 Å². The summed E-state index contributed by atoms with van der Waals surface area (Å²) in [6, 6.07) is 5.79. The van der Waals surface area contributed by atoms with Crippen LogP contribution in [0.5, 0.6) is 0 Å². The zero-order valence-electron chi connectivity index (χ0n) is 14.8. The Bertz CT molecular complexity index is 728. The quantitative estimate of drug-likeness (QED) is 0.841. The number of piperidine rings is 1. The van der Waals surface area contributed by atoms with Crippen LogP contribution in [0.1, 0.15) is 30.9 Å². The summed E-state index contributed by atoms with van der Waals surface area (Å²) < 4.78 is 30.9. The molecule has 0 saturated carbocycles. The van der Waals surface area contributed by atoms with Crippen LogP contribution in [-0.4, -0.2) is 51.9 Å². The number of amides is 1. The lowest BCUT2D eigenvalue weighted by Gasteiger charge is -2.42. The summed E-state index contributed by atoms with van der Waals surface area (Å²) in [5.41, 5.74) is 1.61. The smallest absolute Gasteiger partial charge is 0.409 e. The second kappa shape index (κ2) is 7.93. The van der Waals surface area contributed by atoms with E-state index in [-0.39, 0.29) is 11.5 Å². The largest absolute Gasteiger partial charge is 0.450 e. The van der Waals surface area contributed by atoms with Crippen LogP contribution in [0.2, 0.25) is 5.02 Å². The van der Waals surface area contributed by atoms with Crippen molar-refractivity contribution in [3.05, 3.63) is 34.3 Å². The first-order valence-corrected chi connectivity index (χ1v) is 10.6. The van der Waals surface area contributed by atoms with Crippen LogP contribution >= 0.6 is 11.6 Å². The molecule has 1 heterocycles. The van der Waals surface area contributed by atoms with Gasteiger partial charge in [-0.25, -0.2) is 17.9 Å². The minimum absolute atomic E-state index is 0.295. The van der Waals surface area contributed by atoms with Gasteiger partial charge in [0.15, 0.2) is 0 Å². The van der Waals surface area contributed by atoms with Crippen molar-refractivity contribution in [1.29, 1.82) is 0 Å². The molecule has 1 aromatic rings. The predicted octanol–water partition coefficient (Wildman–Crippen LogP) is 2.69. The molecular formula is C17H25ClN2O4S. The van der Waals surface area contributed by atoms with Gasteiger partial charge in [0.25, 0.3) is 0 Å². The topological polar surface area (TPSA) is 75.7 Å². The molecule has 0 spiro atoms. The molecular weight excluding hydrogens is 364 g/mol. The monoisotopic (exact) mass is 388 g/mol. The van der Waals surface area contributed by atoms with Gasteiger partial charge in [-0.15, -0.1) is 0 Å². The standard InChI is InChI=1S/C17H25ClN2O4S/c1-4-24-16(21)20-9-7-17(8-10-20,12-19-25(3,22)23)14-5-6-15(18)13(2)11-14/h5-6,11,19H,4,7-10,12H2,1-3H3. The highest BCUT2D eigenvalue weighted by Gasteiger charge is 2.38. The molecule has 1 saturated heterocycles. The maximum absolute atomic E-state index is 11.9. The third-order valence-corrected chi connectivity index (χ3v) is 5.78. The van der Waals surface area contributed by atoms with Gasteiger partial charge in [-0.1, -0.05) is 23.7 Å². The molecule has 1 aromatic carbocycles. The number of aryl methyl sites for hydroxylation is 1. The number of rotatable bonds is 5. The van der Waals surface area contributed by atoms with E-state index in [1.165, 1.54) is 0 Å². The molecule has 25 heavy (non-hydrogen) atoms. The molecule has 1 amide bonds. The van der Waals surface area contributed by atoms with Crippen LogP contribution < -0.4 is 4.72 Å². The highest BCUT2D eigenvalue weighted by atomic mass is 35.5. The van der Waals surface area contributed by atoms with E-state index in [4.69, 9.17) is 16.3 Å². The second-order valence-corrected chi connectivity index (χ2v) is 8.76. The molecule has 0 radical (unpaired) electrons. The van der Waals surface area contributed by atoms with Gasteiger partial charge >= 0.3 is 6.09 Å². The first-order valence-electron chi connectivity index (χ1n) is 8.30. The molecule has 0 atom stereocenters. The van der Waals surface area contributed by atoms with Gasteiger partial charge in [-0.3, -0.25) is 0 Å². The first kappa shape index (κ1) is 20.0. The first-order chi connectivity index (χ1) is 11.7. The van der Waals surface area contributed by atoms with Crippen molar-refractivity contribution in [3.8, 4) is 0 Å². The Morgan fingerprint density at radius 3 is 2.52 bits per heavy atom. The normalized spacial score (nSPS) is 17.4. The summed E-state index contributed by atoms with van der Waals surface area (Å²) in [5.74, 6) is 0. The van der Waals surface area contributed by atoms with Gasteiger partial charge in [0.2, 0.25) is 10.0 Å². The number of carbonyl (C=O) groups excluding carboxylic acids is 1. The molecule has 1 fully saturated rings. The highest BCUT2D eigenvalue weighted by molar-refractivity contribution is 7.88. The van der Waals surface area contributed by atoms with Crippen LogP contribution in [0, 0.1) is 6.92 Å². The average Bonchev–Trinajstić information content (AvgIpc) is 2.55. The second-order valence-electron chi connectivity index (χ2n) is 6.52. The molecule has 140 valence electrons. The van der Waals surface area contributed by atoms with E-state index in [0.29, 0.717) is 44.1 Å². The molecule has 0 bridgehead atoms. The number of carbonyl (C=O) groups is 1. The van der Waals surface area contributed by atoms with E-state index < -0.39 is 10.0 Å². The number of sulfonamides is 1. The molecule has 1 N–H and O–H groups in total. The van der Waals surface area contributed by atoms with E-state index in [9.17, 15) is 13.2 Å². The summed E-state index contributed by atoms with van der Waals surface area (Å²) in [7, 11) is -3.31. The van der Waals surface area contributed by atoms with Crippen molar-refractivity contribution in [3.63, 3.8) is 0 Å². The highest BCUT2D eigenvalue weighted by Crippen LogP contribution is 2.37. The predicted molar refractivity (Wildman–Crippen MR) is 98.5 cm³/mol. The molecule has 8 heteroatoms. The van der Waals surface area contributed by atoms with Gasteiger partial charge in [0.1, 0.15) is 0 Å². The molecule has 6 nitrogen and oxygen atoms in total. The van der Waals surface area contributed by atoms with Gasteiger partial charge in [0, 0.05) is 30.1 Å². The molecule has 1 aliphatic heterocycles. The van der Waals surface area contributed by atoms with E-state index in [0.717, 1.165) is 17.4 Å². The SMILES string of the molecule is CCOC(=O)N1CCC(CNS(C)(=O)=O)(c2ccc(Cl)c(C)c2)CC1. The Labute approximate surface area is 154 Å². The Morgan fingerprint density at radius 2 is 2.00 bits per heavy atom. The number of benzene rings is 1. The number of hydrogen-bond acceptors (Lipinski definition) is 4. The number of nitrogens with one attached hydrogen (secondary N) is 1.